The summed E-state index contributed by atoms with van der Waals surface area (Å²) in [5.74, 6) is -0.269. The fraction of sp³-hybridized carbons (Fsp3) is 0.833. The first kappa shape index (κ1) is 9.47. The van der Waals surface area contributed by atoms with E-state index in [9.17, 15) is 13.2 Å². The third kappa shape index (κ3) is 2.78. The Labute approximate surface area is 71.2 Å². The molecule has 70 valence electrons. The molecule has 0 radical (unpaired) electrons. The van der Waals surface area contributed by atoms with E-state index in [2.05, 4.69) is 0 Å². The van der Waals surface area contributed by atoms with Crippen molar-refractivity contribution in [2.75, 3.05) is 24.6 Å². The van der Waals surface area contributed by atoms with Crippen LogP contribution >= 0.6 is 0 Å². The van der Waals surface area contributed by atoms with E-state index in [0.717, 1.165) is 0 Å². The Bertz CT molecular complexity index is 257. The number of carbonyl (C=O) groups is 1. The van der Waals surface area contributed by atoms with Gasteiger partial charge in [-0.25, -0.2) is 8.42 Å². The van der Waals surface area contributed by atoms with Crippen molar-refractivity contribution < 1.29 is 18.0 Å². The van der Waals surface area contributed by atoms with Gasteiger partial charge in [-0.1, -0.05) is 0 Å². The van der Waals surface area contributed by atoms with Gasteiger partial charge in [-0.05, 0) is 0 Å². The first-order valence-corrected chi connectivity index (χ1v) is 5.46. The van der Waals surface area contributed by atoms with Crippen molar-refractivity contribution in [3.05, 3.63) is 0 Å². The van der Waals surface area contributed by atoms with Crippen LogP contribution < -0.4 is 0 Å². The molecule has 1 saturated heterocycles. The average molecular weight is 193 g/mol. The lowest BCUT2D eigenvalue weighted by Crippen LogP contribution is -2.40. The molecule has 0 spiro atoms. The maximum atomic E-state index is 10.9. The molecule has 5 nitrogen and oxygen atoms in total. The predicted molar refractivity (Wildman–Crippen MR) is 42.0 cm³/mol. The van der Waals surface area contributed by atoms with E-state index in [1.54, 1.807) is 0 Å². The van der Waals surface area contributed by atoms with E-state index in [4.69, 9.17) is 4.84 Å². The highest BCUT2D eigenvalue weighted by molar-refractivity contribution is 7.91. The Hall–Kier alpha value is -0.620. The Balaban J connectivity index is 2.41. The first-order valence-electron chi connectivity index (χ1n) is 3.63. The molecule has 1 aliphatic rings. The van der Waals surface area contributed by atoms with Crippen LogP contribution in [0.15, 0.2) is 0 Å². The highest BCUT2D eigenvalue weighted by Gasteiger charge is 2.23. The molecule has 0 saturated carbocycles. The standard InChI is InChI=1S/C6H11NO4S/c1-6(8)11-7-2-4-12(9,10)5-3-7/h2-5H2,1H3. The third-order valence-corrected chi connectivity index (χ3v) is 3.17. The molecule has 1 heterocycles. The van der Waals surface area contributed by atoms with Crippen LogP contribution in [-0.2, 0) is 19.5 Å². The lowest BCUT2D eigenvalue weighted by molar-refractivity contribution is -0.186. The minimum atomic E-state index is -2.88. The molecule has 0 bridgehead atoms. The monoisotopic (exact) mass is 193 g/mol. The summed E-state index contributed by atoms with van der Waals surface area (Å²) >= 11 is 0. The summed E-state index contributed by atoms with van der Waals surface area (Å²) in [6, 6.07) is 0. The molecule has 0 atom stereocenters. The second kappa shape index (κ2) is 3.40. The first-order chi connectivity index (χ1) is 5.49. The Morgan fingerprint density at radius 2 is 1.83 bits per heavy atom. The molecule has 0 aliphatic carbocycles. The molecular formula is C6H11NO4S. The van der Waals surface area contributed by atoms with Crippen molar-refractivity contribution in [3.8, 4) is 0 Å². The van der Waals surface area contributed by atoms with Crippen molar-refractivity contribution in [3.63, 3.8) is 0 Å². The van der Waals surface area contributed by atoms with Crippen molar-refractivity contribution >= 4 is 15.8 Å². The molecule has 0 aromatic carbocycles. The number of hydroxylamine groups is 2. The number of hydrogen-bond acceptors (Lipinski definition) is 5. The second-order valence-electron chi connectivity index (χ2n) is 2.66. The fourth-order valence-electron chi connectivity index (χ4n) is 0.969. The van der Waals surface area contributed by atoms with Crippen molar-refractivity contribution in [1.29, 1.82) is 0 Å². The number of carbonyl (C=O) groups excluding carboxylic acids is 1. The molecule has 0 aromatic rings. The lowest BCUT2D eigenvalue weighted by Gasteiger charge is -2.24. The SMILES string of the molecule is CC(=O)ON1CCS(=O)(=O)CC1. The zero-order valence-electron chi connectivity index (χ0n) is 6.82. The molecule has 1 rings (SSSR count). The molecule has 0 unspecified atom stereocenters. The summed E-state index contributed by atoms with van der Waals surface area (Å²) in [7, 11) is -2.88. The summed E-state index contributed by atoms with van der Waals surface area (Å²) in [4.78, 5) is 15.2. The van der Waals surface area contributed by atoms with Gasteiger partial charge in [0, 0.05) is 20.0 Å². The van der Waals surface area contributed by atoms with Crippen LogP contribution in [0.5, 0.6) is 0 Å². The molecule has 0 N–H and O–H groups in total. The summed E-state index contributed by atoms with van der Waals surface area (Å²) in [6.45, 7) is 1.85. The summed E-state index contributed by atoms with van der Waals surface area (Å²) < 4.78 is 21.8. The van der Waals surface area contributed by atoms with Gasteiger partial charge >= 0.3 is 5.97 Å². The average Bonchev–Trinajstić information content (AvgIpc) is 1.93. The fourth-order valence-corrected chi connectivity index (χ4v) is 2.14. The van der Waals surface area contributed by atoms with Crippen LogP contribution in [0.25, 0.3) is 0 Å². The summed E-state index contributed by atoms with van der Waals surface area (Å²) in [6.07, 6.45) is 0. The number of hydrogen-bond donors (Lipinski definition) is 0. The molecular weight excluding hydrogens is 182 g/mol. The largest absolute Gasteiger partial charge is 0.368 e. The summed E-state index contributed by atoms with van der Waals surface area (Å²) in [5.41, 5.74) is 0. The number of nitrogens with zero attached hydrogens (tertiary/aromatic N) is 1. The number of sulfone groups is 1. The van der Waals surface area contributed by atoms with E-state index in [1.165, 1.54) is 12.0 Å². The smallest absolute Gasteiger partial charge is 0.322 e. The van der Waals surface area contributed by atoms with Crippen LogP contribution in [0.2, 0.25) is 0 Å². The van der Waals surface area contributed by atoms with Crippen LogP contribution in [-0.4, -0.2) is 44.0 Å². The topological polar surface area (TPSA) is 63.7 Å². The predicted octanol–water partition coefficient (Wildman–Crippen LogP) is -0.805. The zero-order valence-corrected chi connectivity index (χ0v) is 7.63. The Morgan fingerprint density at radius 3 is 2.25 bits per heavy atom. The normalized spacial score (nSPS) is 23.4. The van der Waals surface area contributed by atoms with Gasteiger partial charge in [-0.2, -0.15) is 0 Å². The van der Waals surface area contributed by atoms with Gasteiger partial charge in [-0.3, -0.25) is 4.79 Å². The van der Waals surface area contributed by atoms with E-state index >= 15 is 0 Å². The van der Waals surface area contributed by atoms with Gasteiger partial charge in [0.25, 0.3) is 0 Å². The zero-order chi connectivity index (χ0) is 9.19. The van der Waals surface area contributed by atoms with Gasteiger partial charge in [0.2, 0.25) is 0 Å². The van der Waals surface area contributed by atoms with Crippen molar-refractivity contribution in [1.82, 2.24) is 5.06 Å². The van der Waals surface area contributed by atoms with Gasteiger partial charge < -0.3 is 4.84 Å². The molecule has 0 aromatic heterocycles. The van der Waals surface area contributed by atoms with E-state index in [-0.39, 0.29) is 24.6 Å². The van der Waals surface area contributed by atoms with Gasteiger partial charge in [-0.15, -0.1) is 5.06 Å². The minimum absolute atomic E-state index is 0.0697. The lowest BCUT2D eigenvalue weighted by atomic mass is 10.6. The van der Waals surface area contributed by atoms with Crippen molar-refractivity contribution in [2.24, 2.45) is 0 Å². The third-order valence-electron chi connectivity index (χ3n) is 1.56. The van der Waals surface area contributed by atoms with E-state index in [0.29, 0.717) is 0 Å². The molecule has 0 amide bonds. The van der Waals surface area contributed by atoms with E-state index in [1.807, 2.05) is 0 Å². The van der Waals surface area contributed by atoms with Crippen molar-refractivity contribution in [2.45, 2.75) is 6.92 Å². The van der Waals surface area contributed by atoms with Gasteiger partial charge in [0.05, 0.1) is 11.5 Å². The quantitative estimate of drug-likeness (QED) is 0.545. The van der Waals surface area contributed by atoms with Crippen LogP contribution in [0.3, 0.4) is 0 Å². The molecule has 1 aliphatic heterocycles. The highest BCUT2D eigenvalue weighted by Crippen LogP contribution is 2.03. The maximum Gasteiger partial charge on any atom is 0.322 e. The van der Waals surface area contributed by atoms with E-state index < -0.39 is 15.8 Å². The molecule has 1 fully saturated rings. The van der Waals surface area contributed by atoms with Crippen LogP contribution in [0.4, 0.5) is 0 Å². The second-order valence-corrected chi connectivity index (χ2v) is 4.97. The molecule has 6 heteroatoms. The maximum absolute atomic E-state index is 10.9. The van der Waals surface area contributed by atoms with Crippen LogP contribution in [0, 0.1) is 0 Å². The van der Waals surface area contributed by atoms with Crippen LogP contribution in [0.1, 0.15) is 6.92 Å². The van der Waals surface area contributed by atoms with Gasteiger partial charge in [0.15, 0.2) is 9.84 Å². The summed E-state index contributed by atoms with van der Waals surface area (Å²) in [5, 5.41) is 1.38. The minimum Gasteiger partial charge on any atom is -0.368 e. The number of rotatable bonds is 1. The highest BCUT2D eigenvalue weighted by atomic mass is 32.2. The Kier molecular flexibility index (Phi) is 2.69. The Morgan fingerprint density at radius 1 is 1.33 bits per heavy atom. The molecule has 12 heavy (non-hydrogen) atoms. The van der Waals surface area contributed by atoms with Gasteiger partial charge in [0.1, 0.15) is 0 Å².